The van der Waals surface area contributed by atoms with Crippen LogP contribution in [-0.4, -0.2) is 60.6 Å². The lowest BCUT2D eigenvalue weighted by Gasteiger charge is -2.36. The number of esters is 1. The van der Waals surface area contributed by atoms with Crippen molar-refractivity contribution < 1.29 is 9.53 Å². The number of ether oxygens (including phenoxy) is 1. The standard InChI is InChI=1S/C22H25N5O2/c1-15-16(8-9-20(28)29-3)22(26-12-10-25(2)11-13-26)27-19-7-5-4-6-18(19)24-21(27)17(15)14-23/h4-7H,8-13H2,1-3H3. The largest absolute Gasteiger partial charge is 0.469 e. The number of methoxy groups -OCH3 is 1. The first kappa shape index (κ1) is 19.2. The zero-order valence-corrected chi connectivity index (χ0v) is 17.1. The fraction of sp³-hybridized carbons (Fsp3) is 0.409. The van der Waals surface area contributed by atoms with Gasteiger partial charge in [-0.1, -0.05) is 12.1 Å². The number of likely N-dealkylation sites (N-methyl/N-ethyl adjacent to an activating group) is 1. The zero-order valence-electron chi connectivity index (χ0n) is 17.1. The van der Waals surface area contributed by atoms with E-state index in [1.807, 2.05) is 31.2 Å². The summed E-state index contributed by atoms with van der Waals surface area (Å²) in [4.78, 5) is 21.3. The van der Waals surface area contributed by atoms with Crippen molar-refractivity contribution in [3.8, 4) is 6.07 Å². The lowest BCUT2D eigenvalue weighted by Crippen LogP contribution is -2.45. The van der Waals surface area contributed by atoms with Gasteiger partial charge in [-0.3, -0.25) is 9.20 Å². The minimum atomic E-state index is -0.247. The highest BCUT2D eigenvalue weighted by Crippen LogP contribution is 2.34. The predicted octanol–water partition coefficient (Wildman–Crippen LogP) is 2.53. The summed E-state index contributed by atoms with van der Waals surface area (Å²) in [6, 6.07) is 10.3. The summed E-state index contributed by atoms with van der Waals surface area (Å²) < 4.78 is 6.98. The van der Waals surface area contributed by atoms with E-state index < -0.39 is 0 Å². The Bertz CT molecular complexity index is 1120. The fourth-order valence-electron chi connectivity index (χ4n) is 4.14. The Morgan fingerprint density at radius 2 is 1.97 bits per heavy atom. The van der Waals surface area contributed by atoms with Crippen LogP contribution < -0.4 is 4.90 Å². The summed E-state index contributed by atoms with van der Waals surface area (Å²) in [5, 5.41) is 9.91. The van der Waals surface area contributed by atoms with Crippen molar-refractivity contribution in [2.24, 2.45) is 0 Å². The molecule has 0 amide bonds. The first-order valence-corrected chi connectivity index (χ1v) is 9.88. The normalized spacial score (nSPS) is 15.0. The number of aromatic nitrogens is 2. The van der Waals surface area contributed by atoms with Crippen LogP contribution in [0.4, 0.5) is 5.82 Å². The number of para-hydroxylation sites is 2. The average Bonchev–Trinajstić information content (AvgIpc) is 3.11. The molecule has 0 atom stereocenters. The van der Waals surface area contributed by atoms with E-state index in [4.69, 9.17) is 9.72 Å². The lowest BCUT2D eigenvalue weighted by molar-refractivity contribution is -0.140. The minimum absolute atomic E-state index is 0.247. The van der Waals surface area contributed by atoms with Crippen molar-refractivity contribution in [2.75, 3.05) is 45.2 Å². The van der Waals surface area contributed by atoms with Crippen LogP contribution >= 0.6 is 0 Å². The lowest BCUT2D eigenvalue weighted by atomic mass is 9.99. The Morgan fingerprint density at radius 3 is 2.66 bits per heavy atom. The van der Waals surface area contributed by atoms with E-state index >= 15 is 0 Å². The molecule has 1 aliphatic heterocycles. The molecule has 0 N–H and O–H groups in total. The smallest absolute Gasteiger partial charge is 0.305 e. The third kappa shape index (κ3) is 3.30. The van der Waals surface area contributed by atoms with Crippen LogP contribution in [0.25, 0.3) is 16.7 Å². The number of imidazole rings is 1. The van der Waals surface area contributed by atoms with Crippen LogP contribution in [0.2, 0.25) is 0 Å². The Morgan fingerprint density at radius 1 is 1.24 bits per heavy atom. The maximum absolute atomic E-state index is 11.9. The summed E-state index contributed by atoms with van der Waals surface area (Å²) >= 11 is 0. The number of hydrogen-bond donors (Lipinski definition) is 0. The number of carbonyl (C=O) groups is 1. The molecule has 1 saturated heterocycles. The number of fused-ring (bicyclic) bond motifs is 3. The van der Waals surface area contributed by atoms with Gasteiger partial charge >= 0.3 is 5.97 Å². The number of piperazine rings is 1. The molecule has 0 bridgehead atoms. The second-order valence-corrected chi connectivity index (χ2v) is 7.54. The number of rotatable bonds is 4. The molecule has 1 aromatic carbocycles. The van der Waals surface area contributed by atoms with Crippen molar-refractivity contribution in [1.82, 2.24) is 14.3 Å². The Hall–Kier alpha value is -3.11. The van der Waals surface area contributed by atoms with Crippen LogP contribution in [0, 0.1) is 18.3 Å². The van der Waals surface area contributed by atoms with Gasteiger partial charge in [-0.25, -0.2) is 4.98 Å². The number of anilines is 1. The molecular formula is C22H25N5O2. The van der Waals surface area contributed by atoms with E-state index in [1.165, 1.54) is 7.11 Å². The number of hydrogen-bond acceptors (Lipinski definition) is 6. The highest BCUT2D eigenvalue weighted by molar-refractivity contribution is 5.86. The zero-order chi connectivity index (χ0) is 20.5. The number of nitrogens with zero attached hydrogens (tertiary/aromatic N) is 5. The first-order chi connectivity index (χ1) is 14.0. The van der Waals surface area contributed by atoms with Gasteiger partial charge in [0, 0.05) is 32.6 Å². The highest BCUT2D eigenvalue weighted by atomic mass is 16.5. The third-order valence-corrected chi connectivity index (χ3v) is 5.82. The first-order valence-electron chi connectivity index (χ1n) is 9.88. The summed E-state index contributed by atoms with van der Waals surface area (Å²) in [5.41, 5.74) is 5.01. The highest BCUT2D eigenvalue weighted by Gasteiger charge is 2.26. The molecule has 150 valence electrons. The monoisotopic (exact) mass is 391 g/mol. The number of carbonyl (C=O) groups excluding carboxylic acids is 1. The molecule has 0 saturated carbocycles. The predicted molar refractivity (Wildman–Crippen MR) is 112 cm³/mol. The molecule has 7 nitrogen and oxygen atoms in total. The van der Waals surface area contributed by atoms with Crippen LogP contribution in [0.5, 0.6) is 0 Å². The summed E-state index contributed by atoms with van der Waals surface area (Å²) in [6.07, 6.45) is 0.804. The molecule has 0 radical (unpaired) electrons. The Balaban J connectivity index is 2.01. The fourth-order valence-corrected chi connectivity index (χ4v) is 4.14. The van der Waals surface area contributed by atoms with Gasteiger partial charge in [0.2, 0.25) is 0 Å². The topological polar surface area (TPSA) is 73.9 Å². The third-order valence-electron chi connectivity index (χ3n) is 5.82. The van der Waals surface area contributed by atoms with E-state index in [0.717, 1.165) is 54.2 Å². The van der Waals surface area contributed by atoms with Gasteiger partial charge in [0.05, 0.1) is 23.7 Å². The van der Waals surface area contributed by atoms with Gasteiger partial charge in [0.1, 0.15) is 11.9 Å². The molecule has 4 rings (SSSR count). The van der Waals surface area contributed by atoms with E-state index in [2.05, 4.69) is 27.3 Å². The van der Waals surface area contributed by atoms with Gasteiger partial charge in [0.25, 0.3) is 0 Å². The van der Waals surface area contributed by atoms with Gasteiger partial charge in [0.15, 0.2) is 5.65 Å². The quantitative estimate of drug-likeness (QED) is 0.637. The van der Waals surface area contributed by atoms with Crippen LogP contribution in [0.3, 0.4) is 0 Å². The molecule has 3 heterocycles. The molecule has 0 aliphatic carbocycles. The van der Waals surface area contributed by atoms with Gasteiger partial charge in [-0.2, -0.15) is 5.26 Å². The SMILES string of the molecule is COC(=O)CCc1c(C)c(C#N)c2nc3ccccc3n2c1N1CCN(C)CC1. The molecule has 2 aromatic heterocycles. The maximum atomic E-state index is 11.9. The van der Waals surface area contributed by atoms with E-state index in [1.54, 1.807) is 0 Å². The Kier molecular flexibility index (Phi) is 5.12. The summed E-state index contributed by atoms with van der Waals surface area (Å²) in [5.74, 6) is 0.796. The molecule has 0 spiro atoms. The molecule has 29 heavy (non-hydrogen) atoms. The van der Waals surface area contributed by atoms with Crippen LogP contribution in [0.1, 0.15) is 23.1 Å². The van der Waals surface area contributed by atoms with Gasteiger partial charge in [-0.05, 0) is 43.7 Å². The molecule has 0 unspecified atom stereocenters. The molecular weight excluding hydrogens is 366 g/mol. The van der Waals surface area contributed by atoms with Gasteiger partial charge in [-0.15, -0.1) is 0 Å². The average molecular weight is 391 g/mol. The molecule has 7 heteroatoms. The van der Waals surface area contributed by atoms with E-state index in [0.29, 0.717) is 17.6 Å². The number of pyridine rings is 1. The molecule has 1 fully saturated rings. The van der Waals surface area contributed by atoms with Crippen molar-refractivity contribution in [3.05, 3.63) is 41.0 Å². The van der Waals surface area contributed by atoms with Crippen molar-refractivity contribution in [2.45, 2.75) is 19.8 Å². The van der Waals surface area contributed by atoms with Crippen molar-refractivity contribution in [3.63, 3.8) is 0 Å². The molecule has 1 aliphatic rings. The summed E-state index contributed by atoms with van der Waals surface area (Å²) in [6.45, 7) is 5.65. The van der Waals surface area contributed by atoms with Crippen molar-refractivity contribution in [1.29, 1.82) is 5.26 Å². The summed E-state index contributed by atoms with van der Waals surface area (Å²) in [7, 11) is 3.53. The van der Waals surface area contributed by atoms with Gasteiger partial charge < -0.3 is 14.5 Å². The van der Waals surface area contributed by atoms with Crippen LogP contribution in [0.15, 0.2) is 24.3 Å². The minimum Gasteiger partial charge on any atom is -0.469 e. The molecule has 3 aromatic rings. The van der Waals surface area contributed by atoms with Crippen molar-refractivity contribution >= 4 is 28.5 Å². The van der Waals surface area contributed by atoms with Crippen LogP contribution in [-0.2, 0) is 16.0 Å². The second kappa shape index (κ2) is 7.72. The maximum Gasteiger partial charge on any atom is 0.305 e. The number of benzene rings is 1. The number of nitriles is 1. The Labute approximate surface area is 170 Å². The van der Waals surface area contributed by atoms with E-state index in [9.17, 15) is 10.1 Å². The second-order valence-electron chi connectivity index (χ2n) is 7.54. The van der Waals surface area contributed by atoms with E-state index in [-0.39, 0.29) is 12.4 Å².